The van der Waals surface area contributed by atoms with Crippen molar-refractivity contribution in [3.8, 4) is 0 Å². The highest BCUT2D eigenvalue weighted by molar-refractivity contribution is 5.88. The van der Waals surface area contributed by atoms with E-state index in [1.54, 1.807) is 23.1 Å². The van der Waals surface area contributed by atoms with E-state index in [9.17, 15) is 9.59 Å². The van der Waals surface area contributed by atoms with Gasteiger partial charge >= 0.3 is 5.97 Å². The molecule has 1 aromatic carbocycles. The van der Waals surface area contributed by atoms with Gasteiger partial charge in [0.1, 0.15) is 0 Å². The van der Waals surface area contributed by atoms with Crippen LogP contribution in [0, 0.1) is 5.41 Å². The molecule has 2 aliphatic heterocycles. The van der Waals surface area contributed by atoms with Crippen molar-refractivity contribution < 1.29 is 19.4 Å². The molecule has 3 N–H and O–H groups in total. The van der Waals surface area contributed by atoms with Crippen LogP contribution in [0.15, 0.2) is 18.2 Å². The largest absolute Gasteiger partial charge is 0.478 e. The Morgan fingerprint density at radius 3 is 2.71 bits per heavy atom. The Bertz CT molecular complexity index is 616. The minimum atomic E-state index is -0.958. The highest BCUT2D eigenvalue weighted by atomic mass is 16.5. The predicted molar refractivity (Wildman–Crippen MR) is 74.6 cm³/mol. The van der Waals surface area contributed by atoms with E-state index >= 15 is 0 Å². The minimum Gasteiger partial charge on any atom is -0.478 e. The van der Waals surface area contributed by atoms with Gasteiger partial charge in [0.25, 0.3) is 0 Å². The van der Waals surface area contributed by atoms with Gasteiger partial charge in [-0.25, -0.2) is 4.79 Å². The standard InChI is InChI=1S/C15H18N2O4/c1-15(8-21-7-12(15)16)14(20)17-5-10-3-2-9(13(18)19)4-11(10)6-17/h2-4,12H,5-8,16H2,1H3,(H,18,19). The second-order valence-electron chi connectivity index (χ2n) is 5.99. The van der Waals surface area contributed by atoms with Crippen LogP contribution in [0.1, 0.15) is 28.4 Å². The SMILES string of the molecule is CC1(C(=O)N2Cc3ccc(C(=O)O)cc3C2)COCC1N. The maximum absolute atomic E-state index is 12.7. The number of amides is 1. The van der Waals surface area contributed by atoms with Gasteiger partial charge in [0, 0.05) is 19.1 Å². The van der Waals surface area contributed by atoms with E-state index in [0.29, 0.717) is 26.3 Å². The second kappa shape index (κ2) is 4.82. The van der Waals surface area contributed by atoms with E-state index in [4.69, 9.17) is 15.6 Å². The molecule has 1 saturated heterocycles. The summed E-state index contributed by atoms with van der Waals surface area (Å²) in [5.74, 6) is -0.985. The molecule has 112 valence electrons. The lowest BCUT2D eigenvalue weighted by Crippen LogP contribution is -2.50. The van der Waals surface area contributed by atoms with Crippen molar-refractivity contribution in [2.45, 2.75) is 26.1 Å². The molecule has 1 aromatic rings. The van der Waals surface area contributed by atoms with E-state index < -0.39 is 11.4 Å². The number of carbonyl (C=O) groups excluding carboxylic acids is 1. The van der Waals surface area contributed by atoms with Crippen molar-refractivity contribution in [3.05, 3.63) is 34.9 Å². The molecule has 2 aliphatic rings. The zero-order chi connectivity index (χ0) is 15.2. The van der Waals surface area contributed by atoms with Gasteiger partial charge in [-0.15, -0.1) is 0 Å². The fourth-order valence-electron chi connectivity index (χ4n) is 2.94. The lowest BCUT2D eigenvalue weighted by atomic mass is 9.84. The highest BCUT2D eigenvalue weighted by Crippen LogP contribution is 2.33. The van der Waals surface area contributed by atoms with Gasteiger partial charge in [-0.05, 0) is 30.2 Å². The summed E-state index contributed by atoms with van der Waals surface area (Å²) in [6.45, 7) is 3.49. The Balaban J connectivity index is 1.81. The molecule has 0 aliphatic carbocycles. The molecule has 0 aromatic heterocycles. The van der Waals surface area contributed by atoms with Crippen LogP contribution < -0.4 is 5.73 Å². The molecule has 3 rings (SSSR count). The number of hydrogen-bond donors (Lipinski definition) is 2. The van der Waals surface area contributed by atoms with E-state index in [1.165, 1.54) is 0 Å². The number of fused-ring (bicyclic) bond motifs is 1. The molecule has 2 unspecified atom stereocenters. The normalized spacial score (nSPS) is 27.7. The summed E-state index contributed by atoms with van der Waals surface area (Å²) in [4.78, 5) is 25.4. The van der Waals surface area contributed by atoms with Gasteiger partial charge in [0.2, 0.25) is 5.91 Å². The first-order valence-corrected chi connectivity index (χ1v) is 6.89. The lowest BCUT2D eigenvalue weighted by molar-refractivity contribution is -0.142. The Hall–Kier alpha value is -1.92. The highest BCUT2D eigenvalue weighted by Gasteiger charge is 2.47. The third kappa shape index (κ3) is 2.20. The average Bonchev–Trinajstić information content (AvgIpc) is 3.02. The second-order valence-corrected chi connectivity index (χ2v) is 5.99. The molecule has 2 atom stereocenters. The monoisotopic (exact) mass is 290 g/mol. The zero-order valence-electron chi connectivity index (χ0n) is 11.8. The molecule has 21 heavy (non-hydrogen) atoms. The molecular weight excluding hydrogens is 272 g/mol. The summed E-state index contributed by atoms with van der Waals surface area (Å²) in [6, 6.07) is 4.68. The van der Waals surface area contributed by atoms with Crippen LogP contribution in [-0.2, 0) is 22.6 Å². The fourth-order valence-corrected chi connectivity index (χ4v) is 2.94. The van der Waals surface area contributed by atoms with Crippen LogP contribution in [0.5, 0.6) is 0 Å². The molecule has 0 saturated carbocycles. The maximum atomic E-state index is 12.7. The summed E-state index contributed by atoms with van der Waals surface area (Å²) >= 11 is 0. The smallest absolute Gasteiger partial charge is 0.335 e. The molecule has 0 bridgehead atoms. The van der Waals surface area contributed by atoms with Gasteiger partial charge in [-0.2, -0.15) is 0 Å². The molecule has 1 amide bonds. The van der Waals surface area contributed by atoms with E-state index in [1.807, 2.05) is 6.92 Å². The van der Waals surface area contributed by atoms with Crippen molar-refractivity contribution in [1.29, 1.82) is 0 Å². The number of hydrogen-bond acceptors (Lipinski definition) is 4. The number of aromatic carboxylic acids is 1. The van der Waals surface area contributed by atoms with Crippen LogP contribution in [0.3, 0.4) is 0 Å². The van der Waals surface area contributed by atoms with Crippen LogP contribution in [0.2, 0.25) is 0 Å². The van der Waals surface area contributed by atoms with Crippen molar-refractivity contribution in [1.82, 2.24) is 4.90 Å². The van der Waals surface area contributed by atoms with Gasteiger partial charge in [-0.3, -0.25) is 4.79 Å². The Morgan fingerprint density at radius 1 is 1.38 bits per heavy atom. The third-order valence-electron chi connectivity index (χ3n) is 4.47. The molecule has 0 radical (unpaired) electrons. The van der Waals surface area contributed by atoms with Crippen LogP contribution >= 0.6 is 0 Å². The number of carboxylic acids is 1. The van der Waals surface area contributed by atoms with Crippen LogP contribution in [-0.4, -0.2) is 41.1 Å². The molecule has 0 spiro atoms. The molecular formula is C15H18N2O4. The first-order chi connectivity index (χ1) is 9.91. The Kier molecular flexibility index (Phi) is 3.22. The lowest BCUT2D eigenvalue weighted by Gasteiger charge is -2.30. The summed E-state index contributed by atoms with van der Waals surface area (Å²) in [7, 11) is 0. The number of benzene rings is 1. The molecule has 1 fully saturated rings. The summed E-state index contributed by atoms with van der Waals surface area (Å²) in [5.41, 5.74) is 7.43. The number of carbonyl (C=O) groups is 2. The van der Waals surface area contributed by atoms with Crippen LogP contribution in [0.25, 0.3) is 0 Å². The predicted octanol–water partition coefficient (Wildman–Crippen LogP) is 0.591. The number of ether oxygens (including phenoxy) is 1. The number of nitrogens with zero attached hydrogens (tertiary/aromatic N) is 1. The maximum Gasteiger partial charge on any atom is 0.335 e. The first-order valence-electron chi connectivity index (χ1n) is 6.89. The summed E-state index contributed by atoms with van der Waals surface area (Å²) < 4.78 is 5.33. The number of rotatable bonds is 2. The van der Waals surface area contributed by atoms with Crippen molar-refractivity contribution in [3.63, 3.8) is 0 Å². The first kappa shape index (κ1) is 14.0. The molecule has 6 nitrogen and oxygen atoms in total. The van der Waals surface area contributed by atoms with Crippen molar-refractivity contribution in [2.75, 3.05) is 13.2 Å². The van der Waals surface area contributed by atoms with Crippen LogP contribution in [0.4, 0.5) is 0 Å². The Labute approximate surface area is 122 Å². The third-order valence-corrected chi connectivity index (χ3v) is 4.47. The van der Waals surface area contributed by atoms with Crippen molar-refractivity contribution in [2.24, 2.45) is 11.1 Å². The van der Waals surface area contributed by atoms with Gasteiger partial charge in [0.05, 0.1) is 24.2 Å². The summed E-state index contributed by atoms with van der Waals surface area (Å²) in [5, 5.41) is 9.03. The molecule has 6 heteroatoms. The molecule has 2 heterocycles. The minimum absolute atomic E-state index is 0.0272. The van der Waals surface area contributed by atoms with E-state index in [-0.39, 0.29) is 17.5 Å². The Morgan fingerprint density at radius 2 is 2.10 bits per heavy atom. The average molecular weight is 290 g/mol. The zero-order valence-corrected chi connectivity index (χ0v) is 11.8. The fraction of sp³-hybridized carbons (Fsp3) is 0.467. The van der Waals surface area contributed by atoms with Gasteiger partial charge in [-0.1, -0.05) is 6.07 Å². The number of carboxylic acid groups (broad SMARTS) is 1. The van der Waals surface area contributed by atoms with Crippen molar-refractivity contribution >= 4 is 11.9 Å². The number of nitrogens with two attached hydrogens (primary N) is 1. The van der Waals surface area contributed by atoms with Gasteiger partial charge < -0.3 is 20.5 Å². The quantitative estimate of drug-likeness (QED) is 0.831. The van der Waals surface area contributed by atoms with E-state index in [2.05, 4.69) is 0 Å². The topological polar surface area (TPSA) is 92.9 Å². The van der Waals surface area contributed by atoms with Gasteiger partial charge in [0.15, 0.2) is 0 Å². The van der Waals surface area contributed by atoms with E-state index in [0.717, 1.165) is 11.1 Å². The summed E-state index contributed by atoms with van der Waals surface area (Å²) in [6.07, 6.45) is 0.